The zero-order chi connectivity index (χ0) is 18.7. The molecule has 1 aliphatic heterocycles. The molecule has 1 saturated heterocycles. The van der Waals surface area contributed by atoms with Crippen LogP contribution in [0.5, 0.6) is 0 Å². The quantitative estimate of drug-likeness (QED) is 0.858. The molecule has 1 aliphatic carbocycles. The maximum absolute atomic E-state index is 12.8. The normalized spacial score (nSPS) is 19.0. The molecular weight excluding hydrogens is 356 g/mol. The van der Waals surface area contributed by atoms with E-state index in [1.807, 2.05) is 18.2 Å². The van der Waals surface area contributed by atoms with Gasteiger partial charge in [0.25, 0.3) is 0 Å². The number of benzene rings is 2. The third-order valence-corrected chi connectivity index (χ3v) is 7.31. The molecule has 0 atom stereocenters. The number of likely N-dealkylation sites (tertiary alicyclic amines) is 1. The van der Waals surface area contributed by atoms with Gasteiger partial charge in [0.05, 0.1) is 4.90 Å². The first-order valence-electron chi connectivity index (χ1n) is 10.0. The van der Waals surface area contributed by atoms with Crippen molar-refractivity contribution in [1.29, 1.82) is 0 Å². The Morgan fingerprint density at radius 3 is 2.37 bits per heavy atom. The summed E-state index contributed by atoms with van der Waals surface area (Å²) >= 11 is 0. The van der Waals surface area contributed by atoms with Gasteiger partial charge in [0.1, 0.15) is 0 Å². The van der Waals surface area contributed by atoms with Gasteiger partial charge in [-0.15, -0.1) is 0 Å². The Balaban J connectivity index is 1.35. The molecule has 0 saturated carbocycles. The Morgan fingerprint density at radius 1 is 0.926 bits per heavy atom. The highest BCUT2D eigenvalue weighted by atomic mass is 32.2. The first-order valence-corrected chi connectivity index (χ1v) is 11.5. The summed E-state index contributed by atoms with van der Waals surface area (Å²) in [6.07, 6.45) is 6.15. The Bertz CT molecular complexity index is 872. The summed E-state index contributed by atoms with van der Waals surface area (Å²) in [6.45, 7) is 2.78. The number of rotatable bonds is 5. The number of piperidine rings is 1. The summed E-state index contributed by atoms with van der Waals surface area (Å²) < 4.78 is 28.6. The largest absolute Gasteiger partial charge is 0.299 e. The second kappa shape index (κ2) is 8.13. The lowest BCUT2D eigenvalue weighted by molar-refractivity contribution is 0.200. The molecule has 2 aromatic carbocycles. The van der Waals surface area contributed by atoms with E-state index in [0.717, 1.165) is 51.7 Å². The Morgan fingerprint density at radius 2 is 1.63 bits per heavy atom. The molecule has 1 heterocycles. The zero-order valence-electron chi connectivity index (χ0n) is 15.7. The molecular formula is C22H28N2O2S. The fourth-order valence-electron chi connectivity index (χ4n) is 4.21. The minimum atomic E-state index is -3.44. The van der Waals surface area contributed by atoms with Crippen molar-refractivity contribution in [2.45, 2.75) is 56.0 Å². The van der Waals surface area contributed by atoms with E-state index in [1.54, 1.807) is 6.07 Å². The topological polar surface area (TPSA) is 49.4 Å². The molecule has 2 aromatic rings. The van der Waals surface area contributed by atoms with Crippen LogP contribution in [0.25, 0.3) is 0 Å². The molecule has 0 aromatic heterocycles. The average Bonchev–Trinajstić information content (AvgIpc) is 2.70. The summed E-state index contributed by atoms with van der Waals surface area (Å²) in [5.74, 6) is 0. The highest BCUT2D eigenvalue weighted by molar-refractivity contribution is 7.89. The molecule has 0 radical (unpaired) electrons. The molecule has 0 amide bonds. The van der Waals surface area contributed by atoms with Gasteiger partial charge in [0.15, 0.2) is 0 Å². The third-order valence-electron chi connectivity index (χ3n) is 5.79. The molecule has 4 rings (SSSR count). The number of aryl methyl sites for hydroxylation is 2. The van der Waals surface area contributed by atoms with Crippen molar-refractivity contribution in [3.63, 3.8) is 0 Å². The van der Waals surface area contributed by atoms with Crippen molar-refractivity contribution in [2.75, 3.05) is 13.1 Å². The van der Waals surface area contributed by atoms with Gasteiger partial charge >= 0.3 is 0 Å². The van der Waals surface area contributed by atoms with Crippen LogP contribution in [-0.4, -0.2) is 32.4 Å². The van der Waals surface area contributed by atoms with Crippen molar-refractivity contribution in [2.24, 2.45) is 0 Å². The minimum Gasteiger partial charge on any atom is -0.299 e. The Labute approximate surface area is 162 Å². The van der Waals surface area contributed by atoms with Gasteiger partial charge in [-0.2, -0.15) is 0 Å². The van der Waals surface area contributed by atoms with Crippen LogP contribution >= 0.6 is 0 Å². The number of hydrogen-bond donors (Lipinski definition) is 1. The van der Waals surface area contributed by atoms with Gasteiger partial charge in [-0.1, -0.05) is 36.4 Å². The fourth-order valence-corrected chi connectivity index (χ4v) is 5.57. The van der Waals surface area contributed by atoms with Crippen LogP contribution in [0.1, 0.15) is 42.4 Å². The van der Waals surface area contributed by atoms with Crippen molar-refractivity contribution in [3.8, 4) is 0 Å². The van der Waals surface area contributed by atoms with Gasteiger partial charge in [-0.3, -0.25) is 4.90 Å². The van der Waals surface area contributed by atoms with E-state index in [4.69, 9.17) is 0 Å². The second-order valence-electron chi connectivity index (χ2n) is 7.79. The van der Waals surface area contributed by atoms with Crippen molar-refractivity contribution in [1.82, 2.24) is 9.62 Å². The lowest BCUT2D eigenvalue weighted by atomic mass is 9.92. The highest BCUT2D eigenvalue weighted by Gasteiger charge is 2.25. The van der Waals surface area contributed by atoms with E-state index >= 15 is 0 Å². The van der Waals surface area contributed by atoms with Crippen molar-refractivity contribution in [3.05, 3.63) is 65.2 Å². The summed E-state index contributed by atoms with van der Waals surface area (Å²) in [6, 6.07) is 16.1. The van der Waals surface area contributed by atoms with Crippen LogP contribution in [0.4, 0.5) is 0 Å². The Hall–Kier alpha value is -1.69. The van der Waals surface area contributed by atoms with Gasteiger partial charge in [-0.05, 0) is 67.3 Å². The van der Waals surface area contributed by atoms with Crippen molar-refractivity contribution < 1.29 is 8.42 Å². The Kier molecular flexibility index (Phi) is 5.62. The van der Waals surface area contributed by atoms with Gasteiger partial charge in [0, 0.05) is 25.7 Å². The second-order valence-corrected chi connectivity index (χ2v) is 9.51. The van der Waals surface area contributed by atoms with Gasteiger partial charge in [0.2, 0.25) is 10.0 Å². The molecule has 0 unspecified atom stereocenters. The highest BCUT2D eigenvalue weighted by Crippen LogP contribution is 2.25. The predicted molar refractivity (Wildman–Crippen MR) is 108 cm³/mol. The number of fused-ring (bicyclic) bond motifs is 1. The van der Waals surface area contributed by atoms with Crippen LogP contribution in [0.2, 0.25) is 0 Å². The molecule has 1 fully saturated rings. The summed E-state index contributed by atoms with van der Waals surface area (Å²) in [4.78, 5) is 2.83. The van der Waals surface area contributed by atoms with Crippen molar-refractivity contribution >= 4 is 10.0 Å². The maximum atomic E-state index is 12.8. The fraction of sp³-hybridized carbons (Fsp3) is 0.455. The first kappa shape index (κ1) is 18.7. The number of sulfonamides is 1. The smallest absolute Gasteiger partial charge is 0.240 e. The number of nitrogens with one attached hydrogen (secondary N) is 1. The van der Waals surface area contributed by atoms with E-state index < -0.39 is 10.0 Å². The summed E-state index contributed by atoms with van der Waals surface area (Å²) in [7, 11) is -3.44. The lowest BCUT2D eigenvalue weighted by Crippen LogP contribution is -2.44. The molecule has 0 spiro atoms. The monoisotopic (exact) mass is 384 g/mol. The lowest BCUT2D eigenvalue weighted by Gasteiger charge is -2.32. The molecule has 5 heteroatoms. The predicted octanol–water partition coefficient (Wildman–Crippen LogP) is 3.51. The van der Waals surface area contributed by atoms with Gasteiger partial charge < -0.3 is 0 Å². The molecule has 0 bridgehead atoms. The van der Waals surface area contributed by atoms with Crippen LogP contribution in [0.15, 0.2) is 53.4 Å². The summed E-state index contributed by atoms with van der Waals surface area (Å²) in [5, 5.41) is 0. The zero-order valence-corrected chi connectivity index (χ0v) is 16.5. The van der Waals surface area contributed by atoms with E-state index in [1.165, 1.54) is 23.1 Å². The van der Waals surface area contributed by atoms with Crippen LogP contribution < -0.4 is 4.72 Å². The van der Waals surface area contributed by atoms with E-state index in [9.17, 15) is 8.42 Å². The van der Waals surface area contributed by atoms with Crippen LogP contribution in [-0.2, 0) is 29.4 Å². The third kappa shape index (κ3) is 4.60. The molecule has 4 nitrogen and oxygen atoms in total. The molecule has 27 heavy (non-hydrogen) atoms. The number of nitrogens with zero attached hydrogens (tertiary/aromatic N) is 1. The van der Waals surface area contributed by atoms with E-state index in [2.05, 4.69) is 33.9 Å². The van der Waals surface area contributed by atoms with E-state index in [0.29, 0.717) is 4.90 Å². The molecule has 2 aliphatic rings. The average molecular weight is 385 g/mol. The summed E-state index contributed by atoms with van der Waals surface area (Å²) in [5.41, 5.74) is 3.84. The van der Waals surface area contributed by atoms with E-state index in [-0.39, 0.29) is 6.04 Å². The molecule has 144 valence electrons. The van der Waals surface area contributed by atoms with Crippen LogP contribution in [0, 0.1) is 0 Å². The molecule has 1 N–H and O–H groups in total. The standard InChI is InChI=1S/C22H28N2O2S/c25-27(26,22-11-10-19-8-4-5-9-20(19)16-22)23-21-12-14-24(15-13-21)17-18-6-2-1-3-7-18/h1-3,6-7,10-11,16,21,23H,4-5,8-9,12-15,17H2. The maximum Gasteiger partial charge on any atom is 0.240 e. The van der Waals surface area contributed by atoms with Crippen LogP contribution in [0.3, 0.4) is 0 Å². The first-order chi connectivity index (χ1) is 13.1. The van der Waals surface area contributed by atoms with Gasteiger partial charge in [-0.25, -0.2) is 13.1 Å². The SMILES string of the molecule is O=S(=O)(NC1CCN(Cc2ccccc2)CC1)c1ccc2c(c1)CCCC2. The number of hydrogen-bond acceptors (Lipinski definition) is 3. The minimum absolute atomic E-state index is 0.0260.